The van der Waals surface area contributed by atoms with Crippen LogP contribution in [0.3, 0.4) is 0 Å². The summed E-state index contributed by atoms with van der Waals surface area (Å²) in [7, 11) is 0. The fourth-order valence-corrected chi connectivity index (χ4v) is 1.43. The molecular weight excluding hydrogens is 232 g/mol. The van der Waals surface area contributed by atoms with E-state index in [0.29, 0.717) is 11.4 Å². The fourth-order valence-electron chi connectivity index (χ4n) is 1.43. The van der Waals surface area contributed by atoms with Gasteiger partial charge in [-0.1, -0.05) is 24.3 Å². The van der Waals surface area contributed by atoms with Gasteiger partial charge >= 0.3 is 6.03 Å². The molecule has 5 heteroatoms. The number of carbonyl (C=O) groups is 1. The first-order valence-electron chi connectivity index (χ1n) is 5.31. The summed E-state index contributed by atoms with van der Waals surface area (Å²) in [6.45, 7) is 0. The minimum Gasteiger partial charge on any atom is -0.506 e. The summed E-state index contributed by atoms with van der Waals surface area (Å²) in [4.78, 5) is 11.6. The monoisotopic (exact) mass is 244 g/mol. The third-order valence-corrected chi connectivity index (χ3v) is 2.30. The Kier molecular flexibility index (Phi) is 3.33. The molecule has 92 valence electrons. The first-order chi connectivity index (χ1) is 8.66. The highest BCUT2D eigenvalue weighted by atomic mass is 16.3. The molecule has 0 aliphatic carbocycles. The molecule has 0 bridgehead atoms. The maximum absolute atomic E-state index is 11.6. The molecule has 0 aliphatic heterocycles. The number of urea groups is 1. The van der Waals surface area contributed by atoms with Crippen LogP contribution in [-0.4, -0.2) is 16.2 Å². The smallest absolute Gasteiger partial charge is 0.323 e. The zero-order valence-electron chi connectivity index (χ0n) is 9.42. The standard InChI is InChI=1S/C13H12N2O3/c16-11-7-3-1-5-9(11)14-13(18)15-10-6-2-4-8-12(10)17/h1-8,16-17H,(H2,14,15,18). The van der Waals surface area contributed by atoms with Crippen LogP contribution in [0.5, 0.6) is 11.5 Å². The zero-order valence-corrected chi connectivity index (χ0v) is 9.42. The van der Waals surface area contributed by atoms with E-state index >= 15 is 0 Å². The van der Waals surface area contributed by atoms with E-state index in [9.17, 15) is 15.0 Å². The van der Waals surface area contributed by atoms with Crippen molar-refractivity contribution in [1.82, 2.24) is 0 Å². The minimum absolute atomic E-state index is 0.0232. The van der Waals surface area contributed by atoms with Crippen LogP contribution in [0.15, 0.2) is 48.5 Å². The van der Waals surface area contributed by atoms with Gasteiger partial charge in [0.2, 0.25) is 0 Å². The summed E-state index contributed by atoms with van der Waals surface area (Å²) >= 11 is 0. The minimum atomic E-state index is -0.544. The lowest BCUT2D eigenvalue weighted by atomic mass is 10.3. The molecule has 0 aromatic heterocycles. The van der Waals surface area contributed by atoms with Crippen molar-refractivity contribution in [2.24, 2.45) is 0 Å². The summed E-state index contributed by atoms with van der Waals surface area (Å²) < 4.78 is 0. The average Bonchev–Trinajstić information content (AvgIpc) is 2.35. The Morgan fingerprint density at radius 3 is 1.56 bits per heavy atom. The van der Waals surface area contributed by atoms with Gasteiger partial charge in [0.05, 0.1) is 11.4 Å². The number of hydrogen-bond acceptors (Lipinski definition) is 3. The molecule has 2 aromatic rings. The van der Waals surface area contributed by atoms with Gasteiger partial charge in [-0.25, -0.2) is 4.79 Å². The number of rotatable bonds is 2. The van der Waals surface area contributed by atoms with Crippen LogP contribution in [0, 0.1) is 0 Å². The van der Waals surface area contributed by atoms with Crippen molar-refractivity contribution < 1.29 is 15.0 Å². The van der Waals surface area contributed by atoms with E-state index in [4.69, 9.17) is 0 Å². The highest BCUT2D eigenvalue weighted by molar-refractivity contribution is 6.01. The van der Waals surface area contributed by atoms with E-state index in [1.165, 1.54) is 12.1 Å². The maximum atomic E-state index is 11.6. The largest absolute Gasteiger partial charge is 0.506 e. The van der Waals surface area contributed by atoms with Crippen molar-refractivity contribution in [2.75, 3.05) is 10.6 Å². The Morgan fingerprint density at radius 1 is 0.778 bits per heavy atom. The molecule has 0 saturated carbocycles. The third-order valence-electron chi connectivity index (χ3n) is 2.30. The SMILES string of the molecule is O=C(Nc1ccccc1O)Nc1ccccc1O. The first-order valence-corrected chi connectivity index (χ1v) is 5.31. The van der Waals surface area contributed by atoms with Gasteiger partial charge in [0.15, 0.2) is 0 Å². The van der Waals surface area contributed by atoms with Crippen LogP contribution >= 0.6 is 0 Å². The lowest BCUT2D eigenvalue weighted by Crippen LogP contribution is -2.19. The molecule has 2 rings (SSSR count). The molecule has 18 heavy (non-hydrogen) atoms. The van der Waals surface area contributed by atoms with Crippen LogP contribution < -0.4 is 10.6 Å². The van der Waals surface area contributed by atoms with Crippen molar-refractivity contribution >= 4 is 17.4 Å². The first kappa shape index (κ1) is 11.8. The number of amides is 2. The van der Waals surface area contributed by atoms with Gasteiger partial charge in [0.25, 0.3) is 0 Å². The number of nitrogens with one attached hydrogen (secondary N) is 2. The van der Waals surface area contributed by atoms with Gasteiger partial charge in [0, 0.05) is 0 Å². The second kappa shape index (κ2) is 5.09. The summed E-state index contributed by atoms with van der Waals surface area (Å²) in [5.41, 5.74) is 0.593. The number of phenolic OH excluding ortho intramolecular Hbond substituents is 2. The quantitative estimate of drug-likeness (QED) is 0.613. The van der Waals surface area contributed by atoms with Gasteiger partial charge in [0.1, 0.15) is 11.5 Å². The molecule has 0 atom stereocenters. The highest BCUT2D eigenvalue weighted by Gasteiger charge is 2.07. The van der Waals surface area contributed by atoms with E-state index in [1.807, 2.05) is 0 Å². The van der Waals surface area contributed by atoms with Gasteiger partial charge in [-0.15, -0.1) is 0 Å². The lowest BCUT2D eigenvalue weighted by molar-refractivity contribution is 0.262. The summed E-state index contributed by atoms with van der Waals surface area (Å²) in [5.74, 6) is -0.0464. The molecule has 0 saturated heterocycles. The molecule has 0 spiro atoms. The van der Waals surface area contributed by atoms with E-state index in [2.05, 4.69) is 10.6 Å². The Morgan fingerprint density at radius 2 is 1.17 bits per heavy atom. The number of hydrogen-bond donors (Lipinski definition) is 4. The van der Waals surface area contributed by atoms with Crippen LogP contribution in [0.2, 0.25) is 0 Å². The summed E-state index contributed by atoms with van der Waals surface area (Å²) in [6, 6.07) is 12.2. The zero-order chi connectivity index (χ0) is 13.0. The molecule has 0 aliphatic rings. The predicted octanol–water partition coefficient (Wildman–Crippen LogP) is 2.74. The van der Waals surface area contributed by atoms with E-state index in [0.717, 1.165) is 0 Å². The van der Waals surface area contributed by atoms with Crippen LogP contribution in [-0.2, 0) is 0 Å². The number of benzene rings is 2. The van der Waals surface area contributed by atoms with Crippen molar-refractivity contribution in [3.8, 4) is 11.5 Å². The van der Waals surface area contributed by atoms with Crippen molar-refractivity contribution in [3.63, 3.8) is 0 Å². The van der Waals surface area contributed by atoms with E-state index in [1.54, 1.807) is 36.4 Å². The van der Waals surface area contributed by atoms with Crippen LogP contribution in [0.1, 0.15) is 0 Å². The molecule has 2 aromatic carbocycles. The number of carbonyl (C=O) groups excluding carboxylic acids is 1. The summed E-state index contributed by atoms with van der Waals surface area (Å²) in [6.07, 6.45) is 0. The number of anilines is 2. The molecule has 4 N–H and O–H groups in total. The average molecular weight is 244 g/mol. The molecular formula is C13H12N2O3. The van der Waals surface area contributed by atoms with E-state index < -0.39 is 6.03 Å². The third kappa shape index (κ3) is 2.70. The Balaban J connectivity index is 2.06. The Bertz CT molecular complexity index is 520. The molecule has 2 amide bonds. The van der Waals surface area contributed by atoms with Gasteiger partial charge < -0.3 is 20.8 Å². The van der Waals surface area contributed by atoms with E-state index in [-0.39, 0.29) is 11.5 Å². The summed E-state index contributed by atoms with van der Waals surface area (Å²) in [5, 5.41) is 23.9. The molecule has 5 nitrogen and oxygen atoms in total. The lowest BCUT2D eigenvalue weighted by Gasteiger charge is -2.09. The normalized spacial score (nSPS) is 9.78. The molecule has 0 unspecified atom stereocenters. The van der Waals surface area contributed by atoms with Gasteiger partial charge in [-0.3, -0.25) is 0 Å². The molecule has 0 fully saturated rings. The number of para-hydroxylation sites is 4. The molecule has 0 radical (unpaired) electrons. The Labute approximate surface area is 104 Å². The van der Waals surface area contributed by atoms with Crippen LogP contribution in [0.4, 0.5) is 16.2 Å². The molecule has 0 heterocycles. The van der Waals surface area contributed by atoms with Crippen LogP contribution in [0.25, 0.3) is 0 Å². The fraction of sp³-hybridized carbons (Fsp3) is 0. The number of aromatic hydroxyl groups is 2. The van der Waals surface area contributed by atoms with Gasteiger partial charge in [-0.05, 0) is 24.3 Å². The topological polar surface area (TPSA) is 81.6 Å². The van der Waals surface area contributed by atoms with Crippen molar-refractivity contribution in [2.45, 2.75) is 0 Å². The predicted molar refractivity (Wildman–Crippen MR) is 68.9 cm³/mol. The highest BCUT2D eigenvalue weighted by Crippen LogP contribution is 2.24. The number of phenols is 2. The second-order valence-corrected chi connectivity index (χ2v) is 3.61. The maximum Gasteiger partial charge on any atom is 0.323 e. The van der Waals surface area contributed by atoms with Gasteiger partial charge in [-0.2, -0.15) is 0 Å². The Hall–Kier alpha value is -2.69. The second-order valence-electron chi connectivity index (χ2n) is 3.61. The van der Waals surface area contributed by atoms with Crippen molar-refractivity contribution in [3.05, 3.63) is 48.5 Å². The van der Waals surface area contributed by atoms with Crippen molar-refractivity contribution in [1.29, 1.82) is 0 Å².